The van der Waals surface area contributed by atoms with E-state index >= 15 is 0 Å². The molecular formula is C23H26N6O5. The van der Waals surface area contributed by atoms with Crippen molar-refractivity contribution in [2.45, 2.75) is 37.3 Å². The first-order valence-electron chi connectivity index (χ1n) is 11.3. The van der Waals surface area contributed by atoms with Crippen molar-refractivity contribution in [3.8, 4) is 0 Å². The molecule has 1 aromatic carbocycles. The number of aromatic nitrogens is 2. The lowest BCUT2D eigenvalue weighted by atomic mass is 9.94. The number of nitrogens with zero attached hydrogens (tertiary/aromatic N) is 4. The summed E-state index contributed by atoms with van der Waals surface area (Å²) in [6.45, 7) is 0.175. The molecule has 5 amide bonds. The Balaban J connectivity index is 1.34. The smallest absolute Gasteiger partial charge is 0.418 e. The number of carbonyl (C=O) groups excluding carboxylic acids is 4. The molecule has 11 nitrogen and oxygen atoms in total. The lowest BCUT2D eigenvalue weighted by molar-refractivity contribution is -0.142. The largest absolute Gasteiger partial charge is 0.427 e. The summed E-state index contributed by atoms with van der Waals surface area (Å²) in [5.74, 6) is -0.0518. The second kappa shape index (κ2) is 8.15. The van der Waals surface area contributed by atoms with Crippen molar-refractivity contribution >= 4 is 29.6 Å². The summed E-state index contributed by atoms with van der Waals surface area (Å²) in [4.78, 5) is 57.9. The van der Waals surface area contributed by atoms with Crippen molar-refractivity contribution < 1.29 is 23.9 Å². The average Bonchev–Trinajstić information content (AvgIpc) is 3.58. The summed E-state index contributed by atoms with van der Waals surface area (Å²) >= 11 is 0. The Kier molecular flexibility index (Phi) is 5.26. The number of nitrogens with one attached hydrogen (secondary N) is 2. The zero-order valence-corrected chi connectivity index (χ0v) is 19.0. The molecule has 1 spiro atoms. The Morgan fingerprint density at radius 1 is 1.29 bits per heavy atom. The summed E-state index contributed by atoms with van der Waals surface area (Å²) in [6.07, 6.45) is 5.10. The first kappa shape index (κ1) is 21.9. The minimum atomic E-state index is -1.43. The minimum Gasteiger partial charge on any atom is -0.427 e. The molecule has 34 heavy (non-hydrogen) atoms. The van der Waals surface area contributed by atoms with E-state index in [4.69, 9.17) is 4.74 Å². The van der Waals surface area contributed by atoms with E-state index in [0.29, 0.717) is 30.6 Å². The van der Waals surface area contributed by atoms with E-state index in [9.17, 15) is 19.2 Å². The molecule has 2 saturated heterocycles. The Morgan fingerprint density at radius 3 is 2.85 bits per heavy atom. The van der Waals surface area contributed by atoms with Crippen molar-refractivity contribution in [2.75, 3.05) is 25.5 Å². The molecular weight excluding hydrogens is 440 g/mol. The third-order valence-corrected chi connectivity index (χ3v) is 6.87. The van der Waals surface area contributed by atoms with Gasteiger partial charge in [0.1, 0.15) is 12.4 Å². The van der Waals surface area contributed by atoms with Gasteiger partial charge in [-0.3, -0.25) is 9.59 Å². The van der Waals surface area contributed by atoms with Gasteiger partial charge in [-0.05, 0) is 37.0 Å². The van der Waals surface area contributed by atoms with Crippen LogP contribution in [0.4, 0.5) is 15.3 Å². The molecule has 2 N–H and O–H groups in total. The molecule has 0 radical (unpaired) electrons. The van der Waals surface area contributed by atoms with Crippen LogP contribution in [0.25, 0.3) is 0 Å². The van der Waals surface area contributed by atoms with Crippen LogP contribution >= 0.6 is 0 Å². The van der Waals surface area contributed by atoms with Crippen LogP contribution in [0.2, 0.25) is 0 Å². The molecule has 1 aliphatic carbocycles. The van der Waals surface area contributed by atoms with Crippen LogP contribution in [-0.4, -0.2) is 63.4 Å². The molecule has 1 unspecified atom stereocenters. The van der Waals surface area contributed by atoms with Gasteiger partial charge in [-0.2, -0.15) is 0 Å². The van der Waals surface area contributed by atoms with Gasteiger partial charge >= 0.3 is 12.1 Å². The topological polar surface area (TPSA) is 126 Å². The molecule has 5 rings (SSSR count). The number of imidazole rings is 1. The number of imide groups is 1. The van der Waals surface area contributed by atoms with E-state index < -0.39 is 17.6 Å². The number of benzene rings is 1. The summed E-state index contributed by atoms with van der Waals surface area (Å²) in [7, 11) is 3.40. The van der Waals surface area contributed by atoms with E-state index in [1.54, 1.807) is 29.3 Å². The molecule has 2 aliphatic heterocycles. The quantitative estimate of drug-likeness (QED) is 0.706. The molecule has 11 heteroatoms. The van der Waals surface area contributed by atoms with E-state index in [1.807, 2.05) is 17.8 Å². The number of hydrogen-bond acceptors (Lipinski definition) is 6. The molecule has 178 valence electrons. The van der Waals surface area contributed by atoms with Crippen LogP contribution in [0.15, 0.2) is 30.6 Å². The van der Waals surface area contributed by atoms with Gasteiger partial charge in [-0.1, -0.05) is 6.07 Å². The normalized spacial score (nSPS) is 23.4. The lowest BCUT2D eigenvalue weighted by Crippen LogP contribution is -2.44. The van der Waals surface area contributed by atoms with Crippen LogP contribution in [0.1, 0.15) is 42.3 Å². The predicted molar refractivity (Wildman–Crippen MR) is 120 cm³/mol. The highest BCUT2D eigenvalue weighted by Crippen LogP contribution is 2.46. The van der Waals surface area contributed by atoms with Gasteiger partial charge in [0, 0.05) is 50.7 Å². The maximum atomic E-state index is 13.4. The zero-order chi connectivity index (χ0) is 24.0. The fraction of sp³-hybridized carbons (Fsp3) is 0.435. The Morgan fingerprint density at radius 2 is 2.12 bits per heavy atom. The number of hydrogen-bond donors (Lipinski definition) is 2. The van der Waals surface area contributed by atoms with Crippen LogP contribution in [0.5, 0.6) is 0 Å². The third-order valence-electron chi connectivity index (χ3n) is 6.87. The van der Waals surface area contributed by atoms with Gasteiger partial charge < -0.3 is 24.8 Å². The lowest BCUT2D eigenvalue weighted by Gasteiger charge is -2.26. The number of rotatable bonds is 4. The Labute approximate surface area is 196 Å². The number of fused-ring (bicyclic) bond motifs is 2. The summed E-state index contributed by atoms with van der Waals surface area (Å²) < 4.78 is 7.51. The summed E-state index contributed by atoms with van der Waals surface area (Å²) in [5, 5.41) is 5.18. The summed E-state index contributed by atoms with van der Waals surface area (Å²) in [6, 6.07) is 4.59. The molecule has 2 atom stereocenters. The molecule has 1 aromatic heterocycles. The van der Waals surface area contributed by atoms with Gasteiger partial charge in [-0.15, -0.1) is 0 Å². The van der Waals surface area contributed by atoms with Crippen molar-refractivity contribution in [1.29, 1.82) is 0 Å². The molecule has 3 aliphatic rings. The predicted octanol–water partition coefficient (Wildman–Crippen LogP) is 1.66. The van der Waals surface area contributed by atoms with E-state index in [2.05, 4.69) is 15.6 Å². The second-order valence-corrected chi connectivity index (χ2v) is 8.80. The zero-order valence-electron chi connectivity index (χ0n) is 19.0. The van der Waals surface area contributed by atoms with Crippen LogP contribution in [0.3, 0.4) is 0 Å². The van der Waals surface area contributed by atoms with Crippen molar-refractivity contribution in [3.05, 3.63) is 47.5 Å². The number of likely N-dealkylation sites (tertiary alicyclic amines) is 1. The Bertz CT molecular complexity index is 1190. The van der Waals surface area contributed by atoms with Gasteiger partial charge in [0.25, 0.3) is 5.91 Å². The SMILES string of the molecule is CNC(=O)Nc1ccc2c(c1)CCC21OC(=O)N(CC(=O)N2CCC[C@H]2c2nccn2C)C1=O. The van der Waals surface area contributed by atoms with Crippen LogP contribution in [0, 0.1) is 0 Å². The monoisotopic (exact) mass is 466 g/mol. The van der Waals surface area contributed by atoms with Crippen molar-refractivity contribution in [1.82, 2.24) is 24.7 Å². The minimum absolute atomic E-state index is 0.186. The van der Waals surface area contributed by atoms with Crippen molar-refractivity contribution in [2.24, 2.45) is 7.05 Å². The standard InChI is InChI=1S/C23H26N6O5/c1-24-21(32)26-15-5-6-16-14(12-15)7-8-23(16)20(31)29(22(33)34-23)13-18(30)28-10-3-4-17(28)19-25-9-11-27(19)2/h5-6,9,11-12,17H,3-4,7-8,10,13H2,1-2H3,(H2,24,26,32)/t17-,23?/m0/s1. The number of anilines is 1. The van der Waals surface area contributed by atoms with Gasteiger partial charge in [0.15, 0.2) is 0 Å². The average molecular weight is 466 g/mol. The van der Waals surface area contributed by atoms with E-state index in [0.717, 1.165) is 29.1 Å². The number of ether oxygens (including phenoxy) is 1. The number of carbonyl (C=O) groups is 4. The first-order chi connectivity index (χ1) is 16.3. The van der Waals surface area contributed by atoms with Gasteiger partial charge in [-0.25, -0.2) is 19.5 Å². The fourth-order valence-electron chi connectivity index (χ4n) is 5.18. The highest BCUT2D eigenvalue weighted by atomic mass is 16.6. The number of amides is 5. The van der Waals surface area contributed by atoms with Gasteiger partial charge in [0.2, 0.25) is 11.5 Å². The maximum absolute atomic E-state index is 13.4. The fourth-order valence-corrected chi connectivity index (χ4v) is 5.18. The first-order valence-corrected chi connectivity index (χ1v) is 11.3. The van der Waals surface area contributed by atoms with Crippen LogP contribution < -0.4 is 10.6 Å². The second-order valence-electron chi connectivity index (χ2n) is 8.80. The molecule has 2 fully saturated rings. The molecule has 0 saturated carbocycles. The Hall–Kier alpha value is -3.89. The van der Waals surface area contributed by atoms with Gasteiger partial charge in [0.05, 0.1) is 6.04 Å². The van der Waals surface area contributed by atoms with E-state index in [1.165, 1.54) is 7.05 Å². The van der Waals surface area contributed by atoms with Crippen molar-refractivity contribution in [3.63, 3.8) is 0 Å². The van der Waals surface area contributed by atoms with E-state index in [-0.39, 0.29) is 24.5 Å². The third kappa shape index (κ3) is 3.39. The molecule has 3 heterocycles. The van der Waals surface area contributed by atoms with Crippen LogP contribution in [-0.2, 0) is 33.4 Å². The summed E-state index contributed by atoms with van der Waals surface area (Å²) in [5.41, 5.74) is 0.559. The number of urea groups is 1. The molecule has 2 aromatic rings. The highest BCUT2D eigenvalue weighted by Gasteiger charge is 2.58. The maximum Gasteiger partial charge on any atom is 0.418 e. The number of aryl methyl sites for hydroxylation is 2. The molecule has 0 bridgehead atoms. The highest BCUT2D eigenvalue weighted by molar-refractivity contribution is 6.06.